The van der Waals surface area contributed by atoms with Crippen molar-refractivity contribution in [2.45, 2.75) is 63.8 Å². The average molecular weight is 346 g/mol. The van der Waals surface area contributed by atoms with Gasteiger partial charge in [0.25, 0.3) is 0 Å². The third-order valence-electron chi connectivity index (χ3n) is 4.28. The van der Waals surface area contributed by atoms with Crippen LogP contribution in [0.2, 0.25) is 0 Å². The molecule has 1 aromatic rings. The molecule has 0 aromatic heterocycles. The van der Waals surface area contributed by atoms with Crippen LogP contribution >= 0.6 is 11.6 Å². The smallest absolute Gasteiger partial charge is 0.190 e. The second kappa shape index (κ2) is 12.2. The Bertz CT molecular complexity index is 365. The first-order valence-corrected chi connectivity index (χ1v) is 9.03. The Hall–Kier alpha value is -0.240. The van der Waals surface area contributed by atoms with Gasteiger partial charge in [0, 0.05) is 5.56 Å². The van der Waals surface area contributed by atoms with Crippen LogP contribution in [0.15, 0.2) is 30.3 Å². The predicted octanol–water partition coefficient (Wildman–Crippen LogP) is 3.15. The Labute approximate surface area is 149 Å². The van der Waals surface area contributed by atoms with Crippen molar-refractivity contribution in [3.05, 3.63) is 35.9 Å². The van der Waals surface area contributed by atoms with E-state index in [9.17, 15) is 0 Å². The summed E-state index contributed by atoms with van der Waals surface area (Å²) in [6, 6.07) is 10.4. The van der Waals surface area contributed by atoms with Gasteiger partial charge in [0.2, 0.25) is 0 Å². The lowest BCUT2D eigenvalue weighted by molar-refractivity contribution is -0.907. The van der Waals surface area contributed by atoms with Gasteiger partial charge in [-0.2, -0.15) is 0 Å². The molecule has 0 amide bonds. The Morgan fingerprint density at radius 3 is 1.91 bits per heavy atom. The standard InChI is InChI=1S/C19H33ClN.ClH/c1-4-5-6-7-8-9-10-14-17-21(2,3)19(20)18-15-12-11-13-16-18;/h11-13,15-16,19H,4-10,14,17H2,1-3H3;1H/q+1;/p-1. The third kappa shape index (κ3) is 8.41. The predicted molar refractivity (Wildman–Crippen MR) is 94.6 cm³/mol. The van der Waals surface area contributed by atoms with E-state index in [2.05, 4.69) is 45.3 Å². The first-order valence-electron chi connectivity index (χ1n) is 8.59. The number of hydrogen-bond donors (Lipinski definition) is 0. The zero-order valence-corrected chi connectivity index (χ0v) is 16.0. The molecule has 128 valence electrons. The molecule has 1 aromatic carbocycles. The molecule has 1 nitrogen and oxygen atoms in total. The fourth-order valence-corrected chi connectivity index (χ4v) is 3.03. The molecule has 3 heteroatoms. The fourth-order valence-electron chi connectivity index (χ4n) is 2.78. The monoisotopic (exact) mass is 345 g/mol. The van der Waals surface area contributed by atoms with Crippen LogP contribution in [0.1, 0.15) is 69.4 Å². The highest BCUT2D eigenvalue weighted by atomic mass is 35.5. The van der Waals surface area contributed by atoms with E-state index in [0.29, 0.717) is 0 Å². The number of quaternary nitrogens is 1. The van der Waals surface area contributed by atoms with Crippen LogP contribution in [-0.4, -0.2) is 25.1 Å². The molecule has 0 aliphatic rings. The molecule has 0 N–H and O–H groups in total. The summed E-state index contributed by atoms with van der Waals surface area (Å²) in [4.78, 5) is 0. The van der Waals surface area contributed by atoms with Gasteiger partial charge in [-0.25, -0.2) is 0 Å². The van der Waals surface area contributed by atoms with Crippen molar-refractivity contribution < 1.29 is 16.9 Å². The highest BCUT2D eigenvalue weighted by Gasteiger charge is 2.26. The Morgan fingerprint density at radius 2 is 1.36 bits per heavy atom. The summed E-state index contributed by atoms with van der Waals surface area (Å²) in [6.07, 6.45) is 10.9. The van der Waals surface area contributed by atoms with Gasteiger partial charge in [0.05, 0.1) is 20.6 Å². The Morgan fingerprint density at radius 1 is 0.864 bits per heavy atom. The summed E-state index contributed by atoms with van der Waals surface area (Å²) in [5.74, 6) is 0. The summed E-state index contributed by atoms with van der Waals surface area (Å²) in [5.41, 5.74) is 1.28. The number of hydrogen-bond acceptors (Lipinski definition) is 0. The lowest BCUT2D eigenvalue weighted by Gasteiger charge is -2.34. The highest BCUT2D eigenvalue weighted by molar-refractivity contribution is 6.19. The second-order valence-corrected chi connectivity index (χ2v) is 7.14. The molecule has 0 radical (unpaired) electrons. The quantitative estimate of drug-likeness (QED) is 0.250. The minimum absolute atomic E-state index is 0. The molecule has 1 atom stereocenters. The lowest BCUT2D eigenvalue weighted by atomic mass is 10.1. The van der Waals surface area contributed by atoms with Crippen LogP contribution in [-0.2, 0) is 0 Å². The van der Waals surface area contributed by atoms with E-state index >= 15 is 0 Å². The largest absolute Gasteiger partial charge is 1.00 e. The fraction of sp³-hybridized carbons (Fsp3) is 0.684. The van der Waals surface area contributed by atoms with Crippen LogP contribution < -0.4 is 12.4 Å². The maximum Gasteiger partial charge on any atom is 0.190 e. The summed E-state index contributed by atoms with van der Waals surface area (Å²) in [7, 11) is 4.48. The molecule has 0 fully saturated rings. The van der Waals surface area contributed by atoms with E-state index in [1.165, 1.54) is 56.9 Å². The van der Waals surface area contributed by atoms with Crippen LogP contribution in [0.3, 0.4) is 0 Å². The summed E-state index contributed by atoms with van der Waals surface area (Å²) >= 11 is 6.67. The van der Waals surface area contributed by atoms with Gasteiger partial charge in [-0.05, 0) is 12.8 Å². The minimum Gasteiger partial charge on any atom is -1.00 e. The van der Waals surface area contributed by atoms with Crippen molar-refractivity contribution in [1.29, 1.82) is 0 Å². The number of nitrogens with zero attached hydrogens (tertiary/aromatic N) is 1. The molecule has 0 heterocycles. The Kier molecular flexibility index (Phi) is 12.1. The summed E-state index contributed by atoms with van der Waals surface area (Å²) < 4.78 is 0.863. The maximum atomic E-state index is 6.67. The zero-order valence-electron chi connectivity index (χ0n) is 14.5. The first kappa shape index (κ1) is 21.8. The van der Waals surface area contributed by atoms with Crippen LogP contribution in [0.25, 0.3) is 0 Å². The van der Waals surface area contributed by atoms with Crippen molar-refractivity contribution in [1.82, 2.24) is 0 Å². The van der Waals surface area contributed by atoms with Gasteiger partial charge in [-0.1, -0.05) is 87.4 Å². The topological polar surface area (TPSA) is 0 Å². The minimum atomic E-state index is 0. The van der Waals surface area contributed by atoms with E-state index in [-0.39, 0.29) is 17.9 Å². The van der Waals surface area contributed by atoms with E-state index in [0.717, 1.165) is 11.0 Å². The molecular weight excluding hydrogens is 313 g/mol. The highest BCUT2D eigenvalue weighted by Crippen LogP contribution is 2.29. The molecule has 22 heavy (non-hydrogen) atoms. The Balaban J connectivity index is 0.00000441. The number of halogens is 2. The third-order valence-corrected chi connectivity index (χ3v) is 5.06. The van der Waals surface area contributed by atoms with E-state index < -0.39 is 0 Å². The van der Waals surface area contributed by atoms with Crippen molar-refractivity contribution in [3.8, 4) is 0 Å². The van der Waals surface area contributed by atoms with Crippen LogP contribution in [0.5, 0.6) is 0 Å². The normalized spacial score (nSPS) is 12.7. The lowest BCUT2D eigenvalue weighted by Crippen LogP contribution is -3.00. The van der Waals surface area contributed by atoms with Crippen LogP contribution in [0, 0.1) is 0 Å². The number of alkyl halides is 1. The molecule has 0 saturated heterocycles. The zero-order chi connectivity index (χ0) is 15.6. The van der Waals surface area contributed by atoms with Crippen molar-refractivity contribution in [2.75, 3.05) is 20.6 Å². The van der Waals surface area contributed by atoms with Gasteiger partial charge in [0.15, 0.2) is 5.50 Å². The maximum absolute atomic E-state index is 6.67. The molecule has 0 aliphatic heterocycles. The van der Waals surface area contributed by atoms with Gasteiger partial charge in [-0.15, -0.1) is 0 Å². The number of benzene rings is 1. The summed E-state index contributed by atoms with van der Waals surface area (Å²) in [6.45, 7) is 3.42. The van der Waals surface area contributed by atoms with Gasteiger partial charge < -0.3 is 16.9 Å². The number of unbranched alkanes of at least 4 members (excludes halogenated alkanes) is 7. The van der Waals surface area contributed by atoms with E-state index in [1.54, 1.807) is 0 Å². The SMILES string of the molecule is CCCCCCCCCC[N+](C)(C)C(Cl)c1ccccc1.[Cl-]. The van der Waals surface area contributed by atoms with Gasteiger partial charge >= 0.3 is 0 Å². The molecule has 1 rings (SSSR count). The van der Waals surface area contributed by atoms with E-state index in [1.807, 2.05) is 6.07 Å². The molecule has 0 spiro atoms. The van der Waals surface area contributed by atoms with Crippen molar-refractivity contribution in [3.63, 3.8) is 0 Å². The second-order valence-electron chi connectivity index (χ2n) is 6.72. The van der Waals surface area contributed by atoms with Gasteiger partial charge in [-0.3, -0.25) is 0 Å². The molecule has 0 aliphatic carbocycles. The number of rotatable bonds is 11. The summed E-state index contributed by atoms with van der Waals surface area (Å²) in [5, 5.41) is 0. The molecule has 0 saturated carbocycles. The molecule has 1 unspecified atom stereocenters. The average Bonchev–Trinajstić information content (AvgIpc) is 2.50. The molecule has 0 bridgehead atoms. The van der Waals surface area contributed by atoms with Crippen molar-refractivity contribution >= 4 is 11.6 Å². The van der Waals surface area contributed by atoms with Crippen LogP contribution in [0.4, 0.5) is 0 Å². The molecular formula is C19H33Cl2N. The first-order chi connectivity index (χ1) is 10.1. The van der Waals surface area contributed by atoms with E-state index in [4.69, 9.17) is 11.6 Å². The van der Waals surface area contributed by atoms with Crippen molar-refractivity contribution in [2.24, 2.45) is 0 Å². The van der Waals surface area contributed by atoms with Gasteiger partial charge in [0.1, 0.15) is 0 Å².